The van der Waals surface area contributed by atoms with Gasteiger partial charge in [0.2, 0.25) is 0 Å². The van der Waals surface area contributed by atoms with Crippen LogP contribution in [0.15, 0.2) is 41.3 Å². The van der Waals surface area contributed by atoms with E-state index >= 15 is 0 Å². The minimum Gasteiger partial charge on any atom is -0.493 e. The number of nitrogens with one attached hydrogen (secondary N) is 1. The fraction of sp³-hybridized carbons (Fsp3) is 0.190. The Morgan fingerprint density at radius 1 is 1.15 bits per heavy atom. The van der Waals surface area contributed by atoms with Crippen molar-refractivity contribution in [2.75, 3.05) is 20.2 Å². The molecule has 174 valence electrons. The quantitative estimate of drug-likeness (QED) is 0.450. The smallest absolute Gasteiger partial charge is 0.387 e. The average Bonchev–Trinajstić information content (AvgIpc) is 3.03. The van der Waals surface area contributed by atoms with Crippen LogP contribution in [0.25, 0.3) is 6.08 Å². The third-order valence-electron chi connectivity index (χ3n) is 4.37. The van der Waals surface area contributed by atoms with Crippen molar-refractivity contribution in [3.8, 4) is 11.5 Å². The monoisotopic (exact) mass is 484 g/mol. The zero-order chi connectivity index (χ0) is 24.1. The maximum absolute atomic E-state index is 13.7. The van der Waals surface area contributed by atoms with Gasteiger partial charge in [-0.1, -0.05) is 6.07 Å². The molecule has 1 aliphatic rings. The number of halogens is 4. The zero-order valence-corrected chi connectivity index (χ0v) is 17.8. The number of hydrogen-bond donors (Lipinski definition) is 1. The number of carbonyl (C=O) groups excluding carboxylic acids is 3. The molecule has 0 aliphatic carbocycles. The van der Waals surface area contributed by atoms with Crippen LogP contribution in [0.5, 0.6) is 11.5 Å². The van der Waals surface area contributed by atoms with Crippen molar-refractivity contribution in [2.24, 2.45) is 0 Å². The van der Waals surface area contributed by atoms with Crippen LogP contribution >= 0.6 is 11.8 Å². The first kappa shape index (κ1) is 24.1. The number of nitrogens with zero attached hydrogens (tertiary/aromatic N) is 1. The summed E-state index contributed by atoms with van der Waals surface area (Å²) in [6.45, 7) is -3.43. The number of amides is 3. The van der Waals surface area contributed by atoms with Gasteiger partial charge in [-0.15, -0.1) is 0 Å². The van der Waals surface area contributed by atoms with Crippen molar-refractivity contribution in [2.45, 2.75) is 6.61 Å². The van der Waals surface area contributed by atoms with Crippen LogP contribution in [-0.2, 0) is 4.79 Å². The molecule has 7 nitrogen and oxygen atoms in total. The van der Waals surface area contributed by atoms with E-state index < -0.39 is 40.9 Å². The molecule has 1 fully saturated rings. The molecule has 12 heteroatoms. The maximum atomic E-state index is 13.7. The summed E-state index contributed by atoms with van der Waals surface area (Å²) in [6.07, 6.45) is 1.38. The Labute approximate surface area is 189 Å². The molecule has 3 amide bonds. The van der Waals surface area contributed by atoms with Crippen molar-refractivity contribution in [1.29, 1.82) is 0 Å². The molecule has 33 heavy (non-hydrogen) atoms. The molecule has 0 unspecified atom stereocenters. The number of thioether (sulfide) groups is 1. The van der Waals surface area contributed by atoms with E-state index in [4.69, 9.17) is 4.74 Å². The van der Waals surface area contributed by atoms with Gasteiger partial charge in [0.15, 0.2) is 11.5 Å². The number of benzene rings is 2. The lowest BCUT2D eigenvalue weighted by molar-refractivity contribution is -0.122. The molecule has 2 aromatic carbocycles. The van der Waals surface area contributed by atoms with Crippen LogP contribution in [0, 0.1) is 11.6 Å². The first-order valence-corrected chi connectivity index (χ1v) is 10.1. The second-order valence-corrected chi connectivity index (χ2v) is 7.50. The first-order valence-electron chi connectivity index (χ1n) is 9.31. The Balaban J connectivity index is 1.65. The molecule has 0 atom stereocenters. The number of methoxy groups -OCH3 is 1. The number of hydrogen-bond acceptors (Lipinski definition) is 6. The molecule has 1 N–H and O–H groups in total. The zero-order valence-electron chi connectivity index (χ0n) is 16.9. The molecule has 0 bridgehead atoms. The van der Waals surface area contributed by atoms with Crippen LogP contribution in [-0.4, -0.2) is 48.8 Å². The highest BCUT2D eigenvalue weighted by molar-refractivity contribution is 8.18. The molecular formula is C21H16F4N2O5S. The lowest BCUT2D eigenvalue weighted by atomic mass is 10.2. The summed E-state index contributed by atoms with van der Waals surface area (Å²) in [5.74, 6) is -3.42. The first-order chi connectivity index (χ1) is 15.7. The highest BCUT2D eigenvalue weighted by atomic mass is 32.2. The standard InChI is InChI=1S/C21H16F4N2O5S/c1-31-16-8-11(2-5-15(16)32-20(24)25)9-17-19(29)27(21(30)33-17)7-6-26-18(28)13-10-12(22)3-4-14(13)23/h2-5,8-10,20H,6-7H2,1H3,(H,26,28)/b17-9-. The number of ether oxygens (including phenoxy) is 2. The third kappa shape index (κ3) is 5.83. The predicted octanol–water partition coefficient (Wildman–Crippen LogP) is 4.04. The molecule has 0 spiro atoms. The predicted molar refractivity (Wildman–Crippen MR) is 111 cm³/mol. The van der Waals surface area contributed by atoms with E-state index in [2.05, 4.69) is 10.1 Å². The van der Waals surface area contributed by atoms with Gasteiger partial charge >= 0.3 is 6.61 Å². The Hall–Kier alpha value is -3.54. The van der Waals surface area contributed by atoms with Crippen molar-refractivity contribution in [1.82, 2.24) is 10.2 Å². The second kappa shape index (κ2) is 10.4. The fourth-order valence-electron chi connectivity index (χ4n) is 2.86. The van der Waals surface area contributed by atoms with Crippen molar-refractivity contribution in [3.05, 3.63) is 64.1 Å². The van der Waals surface area contributed by atoms with Gasteiger partial charge in [0, 0.05) is 13.1 Å². The van der Waals surface area contributed by atoms with Crippen LogP contribution in [0.4, 0.5) is 22.4 Å². The van der Waals surface area contributed by atoms with Crippen LogP contribution in [0.1, 0.15) is 15.9 Å². The number of imide groups is 1. The maximum Gasteiger partial charge on any atom is 0.387 e. The van der Waals surface area contributed by atoms with Gasteiger partial charge in [0.1, 0.15) is 11.6 Å². The van der Waals surface area contributed by atoms with Gasteiger partial charge < -0.3 is 14.8 Å². The van der Waals surface area contributed by atoms with Gasteiger partial charge in [0.25, 0.3) is 17.1 Å². The van der Waals surface area contributed by atoms with E-state index in [1.807, 2.05) is 0 Å². The molecule has 0 aromatic heterocycles. The van der Waals surface area contributed by atoms with Crippen molar-refractivity contribution >= 4 is 34.9 Å². The minimum absolute atomic E-state index is 0.00979. The summed E-state index contributed by atoms with van der Waals surface area (Å²) in [5.41, 5.74) is -0.105. The molecule has 1 saturated heterocycles. The van der Waals surface area contributed by atoms with Gasteiger partial charge in [-0.05, 0) is 53.7 Å². The summed E-state index contributed by atoms with van der Waals surface area (Å²) in [7, 11) is 1.26. The van der Waals surface area contributed by atoms with Crippen LogP contribution < -0.4 is 14.8 Å². The Morgan fingerprint density at radius 3 is 2.61 bits per heavy atom. The van der Waals surface area contributed by atoms with E-state index in [1.165, 1.54) is 31.4 Å². The molecule has 1 heterocycles. The van der Waals surface area contributed by atoms with E-state index in [-0.39, 0.29) is 29.5 Å². The largest absolute Gasteiger partial charge is 0.493 e. The molecule has 2 aromatic rings. The topological polar surface area (TPSA) is 84.9 Å². The lowest BCUT2D eigenvalue weighted by Crippen LogP contribution is -2.37. The van der Waals surface area contributed by atoms with Gasteiger partial charge in [-0.25, -0.2) is 8.78 Å². The van der Waals surface area contributed by atoms with Crippen LogP contribution in [0.3, 0.4) is 0 Å². The van der Waals surface area contributed by atoms with E-state index in [0.29, 0.717) is 17.3 Å². The Morgan fingerprint density at radius 2 is 1.91 bits per heavy atom. The minimum atomic E-state index is -3.04. The molecule has 0 radical (unpaired) electrons. The van der Waals surface area contributed by atoms with Gasteiger partial charge in [0.05, 0.1) is 17.6 Å². The number of alkyl halides is 2. The second-order valence-electron chi connectivity index (χ2n) is 6.50. The van der Waals surface area contributed by atoms with E-state index in [0.717, 1.165) is 23.1 Å². The molecule has 0 saturated carbocycles. The normalized spacial score (nSPS) is 14.8. The highest BCUT2D eigenvalue weighted by Crippen LogP contribution is 2.34. The van der Waals surface area contributed by atoms with Gasteiger partial charge in [-0.2, -0.15) is 8.78 Å². The van der Waals surface area contributed by atoms with E-state index in [1.54, 1.807) is 0 Å². The van der Waals surface area contributed by atoms with Crippen LogP contribution in [0.2, 0.25) is 0 Å². The van der Waals surface area contributed by atoms with E-state index in [9.17, 15) is 31.9 Å². The molecule has 1 aliphatic heterocycles. The Kier molecular flexibility index (Phi) is 7.59. The number of carbonyl (C=O) groups is 3. The fourth-order valence-corrected chi connectivity index (χ4v) is 3.72. The third-order valence-corrected chi connectivity index (χ3v) is 5.28. The summed E-state index contributed by atoms with van der Waals surface area (Å²) in [6, 6.07) is 6.42. The van der Waals surface area contributed by atoms with Crippen molar-refractivity contribution < 1.29 is 41.4 Å². The molecule has 3 rings (SSSR count). The highest BCUT2D eigenvalue weighted by Gasteiger charge is 2.34. The summed E-state index contributed by atoms with van der Waals surface area (Å²) >= 11 is 0.649. The lowest BCUT2D eigenvalue weighted by Gasteiger charge is -2.13. The summed E-state index contributed by atoms with van der Waals surface area (Å²) in [5, 5.41) is 1.73. The summed E-state index contributed by atoms with van der Waals surface area (Å²) in [4.78, 5) is 37.7. The summed E-state index contributed by atoms with van der Waals surface area (Å²) < 4.78 is 61.1. The molecular weight excluding hydrogens is 468 g/mol. The number of rotatable bonds is 8. The SMILES string of the molecule is COc1cc(/C=C2\SC(=O)N(CCNC(=O)c3cc(F)ccc3F)C2=O)ccc1OC(F)F. The Bertz CT molecular complexity index is 1130. The average molecular weight is 484 g/mol. The van der Waals surface area contributed by atoms with Gasteiger partial charge in [-0.3, -0.25) is 19.3 Å². The van der Waals surface area contributed by atoms with Crippen molar-refractivity contribution in [3.63, 3.8) is 0 Å².